The first kappa shape index (κ1) is 13.1. The largest absolute Gasteiger partial charge is 0.327 e. The molecule has 0 aliphatic heterocycles. The average molecular weight is 262 g/mol. The van der Waals surface area contributed by atoms with Crippen LogP contribution in [0.4, 0.5) is 0 Å². The van der Waals surface area contributed by atoms with Gasteiger partial charge < -0.3 is 10.3 Å². The minimum absolute atomic E-state index is 0.272. The molecule has 0 saturated heterocycles. The van der Waals surface area contributed by atoms with Gasteiger partial charge in [0.2, 0.25) is 0 Å². The van der Waals surface area contributed by atoms with Crippen molar-refractivity contribution in [2.75, 3.05) is 0 Å². The zero-order valence-corrected chi connectivity index (χ0v) is 11.8. The lowest BCUT2D eigenvalue weighted by Crippen LogP contribution is -2.30. The maximum atomic E-state index is 6.39. The van der Waals surface area contributed by atoms with E-state index in [0.29, 0.717) is 12.0 Å². The number of hydrogen-bond acceptors (Lipinski definition) is 3. The molecule has 0 aromatic carbocycles. The van der Waals surface area contributed by atoms with Crippen molar-refractivity contribution < 1.29 is 0 Å². The summed E-state index contributed by atoms with van der Waals surface area (Å²) in [6, 6.07) is 0.892. The molecule has 2 unspecified atom stereocenters. The number of hydrogen-bond donors (Lipinski definition) is 1. The predicted octanol–water partition coefficient (Wildman–Crippen LogP) is 3.16. The van der Waals surface area contributed by atoms with Gasteiger partial charge in [-0.15, -0.1) is 10.2 Å². The van der Waals surface area contributed by atoms with Crippen molar-refractivity contribution >= 4 is 0 Å². The Bertz CT molecular complexity index is 395. The maximum absolute atomic E-state index is 6.39. The van der Waals surface area contributed by atoms with Crippen molar-refractivity contribution in [3.63, 3.8) is 0 Å². The molecule has 0 radical (unpaired) electrons. The first-order chi connectivity index (χ1) is 9.36. The quantitative estimate of drug-likeness (QED) is 0.833. The lowest BCUT2D eigenvalue weighted by molar-refractivity contribution is 0.332. The molecule has 2 aliphatic carbocycles. The van der Waals surface area contributed by atoms with E-state index in [2.05, 4.69) is 14.8 Å². The molecule has 106 valence electrons. The second-order valence-electron chi connectivity index (χ2n) is 6.30. The summed E-state index contributed by atoms with van der Waals surface area (Å²) in [5.74, 6) is 1.59. The molecule has 19 heavy (non-hydrogen) atoms. The Hall–Kier alpha value is -0.900. The molecule has 0 amide bonds. The minimum Gasteiger partial charge on any atom is -0.327 e. The van der Waals surface area contributed by atoms with Gasteiger partial charge in [0.05, 0.1) is 0 Å². The van der Waals surface area contributed by atoms with Crippen LogP contribution in [0.5, 0.6) is 0 Å². The fraction of sp³-hybridized carbons (Fsp3) is 0.867. The monoisotopic (exact) mass is 262 g/mol. The van der Waals surface area contributed by atoms with E-state index in [1.54, 1.807) is 0 Å². The third-order valence-electron chi connectivity index (χ3n) is 4.97. The fourth-order valence-corrected chi connectivity index (χ4v) is 3.81. The number of aromatic nitrogens is 3. The molecule has 3 rings (SSSR count). The lowest BCUT2D eigenvalue weighted by Gasteiger charge is -2.27. The molecular weight excluding hydrogens is 236 g/mol. The van der Waals surface area contributed by atoms with E-state index in [9.17, 15) is 0 Å². The van der Waals surface area contributed by atoms with E-state index in [1.807, 2.05) is 6.33 Å². The van der Waals surface area contributed by atoms with Crippen molar-refractivity contribution in [2.24, 2.45) is 5.73 Å². The Kier molecular flexibility index (Phi) is 4.16. The molecule has 0 spiro atoms. The molecule has 4 heteroatoms. The second kappa shape index (κ2) is 6.04. The van der Waals surface area contributed by atoms with Crippen LogP contribution in [0, 0.1) is 0 Å². The topological polar surface area (TPSA) is 56.7 Å². The number of nitrogens with two attached hydrogens (primary N) is 1. The van der Waals surface area contributed by atoms with Gasteiger partial charge in [-0.25, -0.2) is 0 Å². The highest BCUT2D eigenvalue weighted by Crippen LogP contribution is 2.34. The van der Waals surface area contributed by atoms with Crippen LogP contribution in [0.25, 0.3) is 0 Å². The Balaban J connectivity index is 1.81. The summed E-state index contributed by atoms with van der Waals surface area (Å²) >= 11 is 0. The highest BCUT2D eigenvalue weighted by atomic mass is 15.3. The summed E-state index contributed by atoms with van der Waals surface area (Å²) in [7, 11) is 0. The van der Waals surface area contributed by atoms with Crippen molar-refractivity contribution in [2.45, 2.75) is 82.2 Å². The smallest absolute Gasteiger partial charge is 0.137 e. The summed E-state index contributed by atoms with van der Waals surface area (Å²) in [6.07, 6.45) is 14.8. The predicted molar refractivity (Wildman–Crippen MR) is 75.9 cm³/mol. The summed E-state index contributed by atoms with van der Waals surface area (Å²) in [4.78, 5) is 0. The first-order valence-electron chi connectivity index (χ1n) is 8.01. The second-order valence-corrected chi connectivity index (χ2v) is 6.30. The average Bonchev–Trinajstić information content (AvgIpc) is 2.83. The minimum atomic E-state index is 0.272. The molecule has 2 saturated carbocycles. The van der Waals surface area contributed by atoms with Gasteiger partial charge >= 0.3 is 0 Å². The summed E-state index contributed by atoms with van der Waals surface area (Å²) < 4.78 is 2.36. The zero-order valence-electron chi connectivity index (χ0n) is 11.8. The SMILES string of the molecule is NC1CCCCCC1c1nncn1C1CCCCC1. The molecular formula is C15H26N4. The zero-order chi connectivity index (χ0) is 13.1. The van der Waals surface area contributed by atoms with Crippen molar-refractivity contribution in [3.05, 3.63) is 12.2 Å². The van der Waals surface area contributed by atoms with Crippen LogP contribution in [-0.4, -0.2) is 20.8 Å². The first-order valence-corrected chi connectivity index (χ1v) is 8.01. The third-order valence-corrected chi connectivity index (χ3v) is 4.97. The maximum Gasteiger partial charge on any atom is 0.137 e. The van der Waals surface area contributed by atoms with Gasteiger partial charge in [-0.3, -0.25) is 0 Å². The van der Waals surface area contributed by atoms with Gasteiger partial charge in [0, 0.05) is 18.0 Å². The van der Waals surface area contributed by atoms with E-state index >= 15 is 0 Å². The van der Waals surface area contributed by atoms with Crippen LogP contribution in [0.2, 0.25) is 0 Å². The van der Waals surface area contributed by atoms with Gasteiger partial charge in [0.25, 0.3) is 0 Å². The Labute approximate surface area is 115 Å². The molecule has 1 aromatic heterocycles. The van der Waals surface area contributed by atoms with Gasteiger partial charge in [-0.2, -0.15) is 0 Å². The molecule has 2 N–H and O–H groups in total. The van der Waals surface area contributed by atoms with Gasteiger partial charge in [-0.05, 0) is 25.7 Å². The van der Waals surface area contributed by atoms with Crippen LogP contribution >= 0.6 is 0 Å². The van der Waals surface area contributed by atoms with Crippen LogP contribution in [0.1, 0.15) is 82.0 Å². The standard InChI is InChI=1S/C15H26N4/c16-14-10-6-2-5-9-13(14)15-18-17-11-19(15)12-7-3-1-4-8-12/h11-14H,1-10,16H2. The molecule has 4 nitrogen and oxygen atoms in total. The number of nitrogens with zero attached hydrogens (tertiary/aromatic N) is 3. The third kappa shape index (κ3) is 2.83. The Morgan fingerprint density at radius 1 is 0.947 bits per heavy atom. The van der Waals surface area contributed by atoms with Gasteiger partial charge in [-0.1, -0.05) is 38.5 Å². The van der Waals surface area contributed by atoms with E-state index in [4.69, 9.17) is 5.73 Å². The van der Waals surface area contributed by atoms with E-state index in [1.165, 1.54) is 63.6 Å². The van der Waals surface area contributed by atoms with E-state index in [0.717, 1.165) is 6.42 Å². The highest BCUT2D eigenvalue weighted by molar-refractivity contribution is 5.04. The summed E-state index contributed by atoms with van der Waals surface area (Å²) in [5.41, 5.74) is 6.39. The van der Waals surface area contributed by atoms with Crippen LogP contribution in [0.15, 0.2) is 6.33 Å². The fourth-order valence-electron chi connectivity index (χ4n) is 3.81. The molecule has 0 bridgehead atoms. The molecule has 1 aromatic rings. The van der Waals surface area contributed by atoms with Crippen LogP contribution < -0.4 is 5.73 Å². The van der Waals surface area contributed by atoms with E-state index in [-0.39, 0.29) is 6.04 Å². The molecule has 2 atom stereocenters. The summed E-state index contributed by atoms with van der Waals surface area (Å²) in [6.45, 7) is 0. The Morgan fingerprint density at radius 3 is 2.42 bits per heavy atom. The van der Waals surface area contributed by atoms with Crippen molar-refractivity contribution in [1.29, 1.82) is 0 Å². The number of rotatable bonds is 2. The van der Waals surface area contributed by atoms with Gasteiger partial charge in [0.15, 0.2) is 0 Å². The molecule has 2 aliphatic rings. The van der Waals surface area contributed by atoms with E-state index < -0.39 is 0 Å². The molecule has 2 fully saturated rings. The highest BCUT2D eigenvalue weighted by Gasteiger charge is 2.28. The van der Waals surface area contributed by atoms with Crippen LogP contribution in [-0.2, 0) is 0 Å². The normalized spacial score (nSPS) is 30.2. The molecule has 1 heterocycles. The Morgan fingerprint density at radius 2 is 1.63 bits per heavy atom. The van der Waals surface area contributed by atoms with Crippen LogP contribution in [0.3, 0.4) is 0 Å². The lowest BCUT2D eigenvalue weighted by atomic mass is 9.92. The van der Waals surface area contributed by atoms with Gasteiger partial charge in [0.1, 0.15) is 12.2 Å². The van der Waals surface area contributed by atoms with Crippen molar-refractivity contribution in [1.82, 2.24) is 14.8 Å². The summed E-state index contributed by atoms with van der Waals surface area (Å²) in [5, 5.41) is 8.64. The van der Waals surface area contributed by atoms with Crippen molar-refractivity contribution in [3.8, 4) is 0 Å².